The van der Waals surface area contributed by atoms with Crippen molar-refractivity contribution < 1.29 is 4.79 Å². The molecule has 1 amide bonds. The maximum absolute atomic E-state index is 12.1. The minimum Gasteiger partial charge on any atom is -0.350 e. The summed E-state index contributed by atoms with van der Waals surface area (Å²) in [6.07, 6.45) is 3.04. The molecule has 2 rings (SSSR count). The molecule has 0 bridgehead atoms. The molecule has 21 heavy (non-hydrogen) atoms. The Kier molecular flexibility index (Phi) is 4.21. The molecule has 0 fully saturated rings. The van der Waals surface area contributed by atoms with Gasteiger partial charge in [0.25, 0.3) is 5.91 Å². The van der Waals surface area contributed by atoms with E-state index in [1.54, 1.807) is 0 Å². The van der Waals surface area contributed by atoms with Gasteiger partial charge in [-0.3, -0.25) is 4.79 Å². The molecular weight excluding hydrogens is 264 g/mol. The van der Waals surface area contributed by atoms with Crippen LogP contribution >= 0.6 is 0 Å². The molecule has 5 nitrogen and oxygen atoms in total. The van der Waals surface area contributed by atoms with Gasteiger partial charge in [-0.15, -0.1) is 0 Å². The highest BCUT2D eigenvalue weighted by atomic mass is 16.1. The van der Waals surface area contributed by atoms with Crippen molar-refractivity contribution in [1.29, 1.82) is 0 Å². The molecule has 2 aromatic rings. The number of rotatable bonds is 3. The van der Waals surface area contributed by atoms with E-state index in [2.05, 4.69) is 20.6 Å². The van der Waals surface area contributed by atoms with E-state index < -0.39 is 0 Å². The lowest BCUT2D eigenvalue weighted by Crippen LogP contribution is -2.27. The van der Waals surface area contributed by atoms with E-state index in [-0.39, 0.29) is 11.4 Å². The first kappa shape index (κ1) is 15.0. The Balaban J connectivity index is 2.04. The van der Waals surface area contributed by atoms with Gasteiger partial charge in [0.1, 0.15) is 0 Å². The summed E-state index contributed by atoms with van der Waals surface area (Å²) in [4.78, 5) is 20.4. The fraction of sp³-hybridized carbons (Fsp3) is 0.312. The Hall–Kier alpha value is -2.43. The van der Waals surface area contributed by atoms with Crippen molar-refractivity contribution >= 4 is 17.5 Å². The molecule has 0 unspecified atom stereocenters. The number of anilines is 2. The van der Waals surface area contributed by atoms with Gasteiger partial charge in [0, 0.05) is 23.6 Å². The zero-order chi connectivity index (χ0) is 15.5. The Labute approximate surface area is 124 Å². The minimum absolute atomic E-state index is 0.119. The van der Waals surface area contributed by atoms with Gasteiger partial charge in [-0.2, -0.15) is 0 Å². The van der Waals surface area contributed by atoms with E-state index in [0.29, 0.717) is 11.5 Å². The number of nitrogens with one attached hydrogen (secondary N) is 2. The predicted octanol–water partition coefficient (Wildman–Crippen LogP) is 3.25. The van der Waals surface area contributed by atoms with Gasteiger partial charge < -0.3 is 10.6 Å². The summed E-state index contributed by atoms with van der Waals surface area (Å²) < 4.78 is 0. The smallest absolute Gasteiger partial charge is 0.258 e. The summed E-state index contributed by atoms with van der Waals surface area (Å²) in [6.45, 7) is 8.07. The Morgan fingerprint density at radius 2 is 1.62 bits per heavy atom. The third-order valence-electron chi connectivity index (χ3n) is 2.71. The van der Waals surface area contributed by atoms with Crippen LogP contribution in [0.2, 0.25) is 0 Å². The number of hydrogen-bond acceptors (Lipinski definition) is 4. The third-order valence-corrected chi connectivity index (χ3v) is 2.71. The molecule has 0 atom stereocenters. The highest BCUT2D eigenvalue weighted by molar-refractivity contribution is 6.03. The molecular formula is C16H20N4O. The van der Waals surface area contributed by atoms with Crippen molar-refractivity contribution in [2.24, 2.45) is 0 Å². The van der Waals surface area contributed by atoms with Crippen LogP contribution in [-0.2, 0) is 0 Å². The maximum Gasteiger partial charge on any atom is 0.258 e. The van der Waals surface area contributed by atoms with Crippen LogP contribution in [0.1, 0.15) is 36.7 Å². The van der Waals surface area contributed by atoms with Crippen molar-refractivity contribution in [3.8, 4) is 0 Å². The average Bonchev–Trinajstić information content (AvgIpc) is 2.40. The second kappa shape index (κ2) is 5.91. The normalized spacial score (nSPS) is 11.0. The molecule has 1 aromatic carbocycles. The first-order chi connectivity index (χ1) is 9.83. The lowest BCUT2D eigenvalue weighted by atomic mass is 10.1. The summed E-state index contributed by atoms with van der Waals surface area (Å²) in [7, 11) is 0. The molecule has 0 saturated carbocycles. The van der Waals surface area contributed by atoms with Crippen LogP contribution in [0, 0.1) is 6.92 Å². The number of benzene rings is 1. The van der Waals surface area contributed by atoms with Crippen molar-refractivity contribution in [2.75, 3.05) is 10.6 Å². The lowest BCUT2D eigenvalue weighted by Gasteiger charge is -2.20. The first-order valence-electron chi connectivity index (χ1n) is 6.82. The fourth-order valence-electron chi connectivity index (χ4n) is 1.69. The summed E-state index contributed by atoms with van der Waals surface area (Å²) >= 11 is 0. The van der Waals surface area contributed by atoms with Crippen LogP contribution in [-0.4, -0.2) is 21.4 Å². The molecule has 5 heteroatoms. The third kappa shape index (κ3) is 4.56. The zero-order valence-electron chi connectivity index (χ0n) is 12.8. The van der Waals surface area contributed by atoms with E-state index in [1.165, 1.54) is 12.4 Å². The highest BCUT2D eigenvalue weighted by Crippen LogP contribution is 2.12. The van der Waals surface area contributed by atoms with Crippen LogP contribution in [0.4, 0.5) is 11.6 Å². The number of hydrogen-bond donors (Lipinski definition) is 2. The van der Waals surface area contributed by atoms with E-state index >= 15 is 0 Å². The largest absolute Gasteiger partial charge is 0.350 e. The number of aryl methyl sites for hydroxylation is 1. The highest BCUT2D eigenvalue weighted by Gasteiger charge is 2.12. The van der Waals surface area contributed by atoms with Crippen molar-refractivity contribution in [3.05, 3.63) is 47.8 Å². The SMILES string of the molecule is Cc1ccc(NC(=O)c2cnc(NC(C)(C)C)nc2)cc1. The molecule has 0 spiro atoms. The number of carbonyl (C=O) groups is 1. The van der Waals surface area contributed by atoms with Crippen LogP contribution in [0.5, 0.6) is 0 Å². The molecule has 1 aromatic heterocycles. The molecule has 0 aliphatic carbocycles. The molecule has 0 aliphatic heterocycles. The molecule has 110 valence electrons. The minimum atomic E-state index is -0.221. The molecule has 1 heterocycles. The van der Waals surface area contributed by atoms with Gasteiger partial charge in [-0.1, -0.05) is 17.7 Å². The summed E-state index contributed by atoms with van der Waals surface area (Å²) in [5.74, 6) is 0.288. The first-order valence-corrected chi connectivity index (χ1v) is 6.82. The van der Waals surface area contributed by atoms with Crippen molar-refractivity contribution in [1.82, 2.24) is 9.97 Å². The van der Waals surface area contributed by atoms with E-state index in [0.717, 1.165) is 11.3 Å². The Morgan fingerprint density at radius 3 is 2.14 bits per heavy atom. The van der Waals surface area contributed by atoms with Gasteiger partial charge >= 0.3 is 0 Å². The fourth-order valence-corrected chi connectivity index (χ4v) is 1.69. The topological polar surface area (TPSA) is 66.9 Å². The lowest BCUT2D eigenvalue weighted by molar-refractivity contribution is 0.102. The number of aromatic nitrogens is 2. The Bertz CT molecular complexity index is 612. The Morgan fingerprint density at radius 1 is 1.05 bits per heavy atom. The van der Waals surface area contributed by atoms with Gasteiger partial charge in [-0.05, 0) is 39.8 Å². The van der Waals surface area contributed by atoms with Crippen LogP contribution < -0.4 is 10.6 Å². The van der Waals surface area contributed by atoms with Gasteiger partial charge in [0.2, 0.25) is 5.95 Å². The van der Waals surface area contributed by atoms with Crippen LogP contribution in [0.3, 0.4) is 0 Å². The van der Waals surface area contributed by atoms with Gasteiger partial charge in [0.05, 0.1) is 5.56 Å². The number of nitrogens with zero attached hydrogens (tertiary/aromatic N) is 2. The monoisotopic (exact) mass is 284 g/mol. The maximum atomic E-state index is 12.1. The number of carbonyl (C=O) groups excluding carboxylic acids is 1. The zero-order valence-corrected chi connectivity index (χ0v) is 12.8. The van der Waals surface area contributed by atoms with Gasteiger partial charge in [0.15, 0.2) is 0 Å². The van der Waals surface area contributed by atoms with Crippen LogP contribution in [0.25, 0.3) is 0 Å². The predicted molar refractivity (Wildman–Crippen MR) is 84.5 cm³/mol. The van der Waals surface area contributed by atoms with Crippen molar-refractivity contribution in [3.63, 3.8) is 0 Å². The van der Waals surface area contributed by atoms with E-state index in [4.69, 9.17) is 0 Å². The van der Waals surface area contributed by atoms with Crippen molar-refractivity contribution in [2.45, 2.75) is 33.2 Å². The molecule has 0 radical (unpaired) electrons. The second-order valence-corrected chi connectivity index (χ2v) is 5.99. The van der Waals surface area contributed by atoms with Crippen LogP contribution in [0.15, 0.2) is 36.7 Å². The standard InChI is InChI=1S/C16H20N4O/c1-11-5-7-13(8-6-11)19-14(21)12-9-17-15(18-10-12)20-16(2,3)4/h5-10H,1-4H3,(H,19,21)(H,17,18,20). The van der Waals surface area contributed by atoms with E-state index in [1.807, 2.05) is 52.0 Å². The van der Waals surface area contributed by atoms with E-state index in [9.17, 15) is 4.79 Å². The summed E-state index contributed by atoms with van der Waals surface area (Å²) in [6, 6.07) is 7.62. The molecule has 0 saturated heterocycles. The number of amides is 1. The average molecular weight is 284 g/mol. The summed E-state index contributed by atoms with van der Waals surface area (Å²) in [5.41, 5.74) is 2.21. The summed E-state index contributed by atoms with van der Waals surface area (Å²) in [5, 5.41) is 5.96. The quantitative estimate of drug-likeness (QED) is 0.908. The molecule has 0 aliphatic rings. The molecule has 2 N–H and O–H groups in total. The van der Waals surface area contributed by atoms with Gasteiger partial charge in [-0.25, -0.2) is 9.97 Å². The second-order valence-electron chi connectivity index (χ2n) is 5.99.